The van der Waals surface area contributed by atoms with Crippen molar-refractivity contribution in [3.8, 4) is 0 Å². The van der Waals surface area contributed by atoms with Gasteiger partial charge in [0.2, 0.25) is 0 Å². The molecule has 5 nitrogen and oxygen atoms in total. The van der Waals surface area contributed by atoms with Gasteiger partial charge in [-0.3, -0.25) is 0 Å². The molecule has 3 rings (SSSR count). The number of rotatable bonds is 1. The van der Waals surface area contributed by atoms with E-state index >= 15 is 0 Å². The molecule has 0 saturated carbocycles. The smallest absolute Gasteiger partial charge is 0.407 e. The number of nitrogens with zero attached hydrogens (tertiary/aromatic N) is 3. The molecule has 1 amide bonds. The molecule has 2 aromatic heterocycles. The van der Waals surface area contributed by atoms with Crippen LogP contribution in [0.2, 0.25) is 0 Å². The summed E-state index contributed by atoms with van der Waals surface area (Å²) in [6.07, 6.45) is 4.84. The molecular weight excluding hydrogens is 206 g/mol. The zero-order valence-corrected chi connectivity index (χ0v) is 8.58. The molecule has 5 heteroatoms. The highest BCUT2D eigenvalue weighted by molar-refractivity contribution is 5.66. The van der Waals surface area contributed by atoms with Crippen LogP contribution in [-0.2, 0) is 0 Å². The zero-order chi connectivity index (χ0) is 11.1. The highest BCUT2D eigenvalue weighted by Crippen LogP contribution is 2.26. The van der Waals surface area contributed by atoms with E-state index in [0.717, 1.165) is 5.65 Å². The molecule has 1 aliphatic rings. The van der Waals surface area contributed by atoms with E-state index in [1.54, 1.807) is 6.20 Å². The number of hydrogen-bond acceptors (Lipinski definition) is 2. The molecule has 3 heterocycles. The van der Waals surface area contributed by atoms with Crippen molar-refractivity contribution < 1.29 is 9.90 Å². The number of imidazole rings is 1. The van der Waals surface area contributed by atoms with Gasteiger partial charge in [0.05, 0.1) is 0 Å². The average molecular weight is 217 g/mol. The van der Waals surface area contributed by atoms with Gasteiger partial charge in [-0.25, -0.2) is 9.78 Å². The van der Waals surface area contributed by atoms with Crippen LogP contribution in [0.1, 0.15) is 11.5 Å². The fraction of sp³-hybridized carbons (Fsp3) is 0.273. The lowest BCUT2D eigenvalue weighted by Crippen LogP contribution is -2.47. The summed E-state index contributed by atoms with van der Waals surface area (Å²) in [5.74, 6) is 0.322. The summed E-state index contributed by atoms with van der Waals surface area (Å²) in [7, 11) is 0. The Hall–Kier alpha value is -2.04. The number of pyridine rings is 1. The summed E-state index contributed by atoms with van der Waals surface area (Å²) in [4.78, 5) is 16.2. The summed E-state index contributed by atoms with van der Waals surface area (Å²) in [6.45, 7) is 1.19. The third-order valence-corrected chi connectivity index (χ3v) is 3.04. The van der Waals surface area contributed by atoms with Crippen molar-refractivity contribution in [1.29, 1.82) is 0 Å². The zero-order valence-electron chi connectivity index (χ0n) is 8.58. The highest BCUT2D eigenvalue weighted by Gasteiger charge is 2.31. The van der Waals surface area contributed by atoms with Gasteiger partial charge in [-0.1, -0.05) is 6.07 Å². The molecule has 1 aliphatic heterocycles. The molecule has 0 unspecified atom stereocenters. The van der Waals surface area contributed by atoms with Crippen molar-refractivity contribution in [2.75, 3.05) is 13.1 Å². The van der Waals surface area contributed by atoms with E-state index in [1.807, 2.05) is 28.9 Å². The second-order valence-corrected chi connectivity index (χ2v) is 4.04. The number of amides is 1. The average Bonchev–Trinajstić information content (AvgIpc) is 2.61. The maximum Gasteiger partial charge on any atom is 0.407 e. The van der Waals surface area contributed by atoms with E-state index in [2.05, 4.69) is 4.98 Å². The quantitative estimate of drug-likeness (QED) is 0.785. The summed E-state index contributed by atoms with van der Waals surface area (Å²) in [6, 6.07) is 3.98. The Kier molecular flexibility index (Phi) is 1.86. The lowest BCUT2D eigenvalue weighted by molar-refractivity contribution is 0.105. The van der Waals surface area contributed by atoms with Crippen molar-refractivity contribution in [2.45, 2.75) is 5.92 Å². The number of carbonyl (C=O) groups is 1. The topological polar surface area (TPSA) is 57.8 Å². The summed E-state index contributed by atoms with van der Waals surface area (Å²) < 4.78 is 1.96. The predicted octanol–water partition coefficient (Wildman–Crippen LogP) is 1.41. The number of hydrogen-bond donors (Lipinski definition) is 1. The van der Waals surface area contributed by atoms with Crippen LogP contribution in [0.4, 0.5) is 4.79 Å². The Balaban J connectivity index is 1.83. The molecule has 0 atom stereocenters. The van der Waals surface area contributed by atoms with Gasteiger partial charge in [0.25, 0.3) is 0 Å². The Morgan fingerprint density at radius 3 is 3.00 bits per heavy atom. The maximum atomic E-state index is 10.6. The molecule has 1 fully saturated rings. The number of likely N-dealkylation sites (tertiary alicyclic amines) is 1. The van der Waals surface area contributed by atoms with Gasteiger partial charge in [-0.2, -0.15) is 0 Å². The van der Waals surface area contributed by atoms with Crippen molar-refractivity contribution in [2.24, 2.45) is 0 Å². The molecule has 0 bridgehead atoms. The van der Waals surface area contributed by atoms with Crippen LogP contribution in [0.25, 0.3) is 5.65 Å². The van der Waals surface area contributed by atoms with Crippen LogP contribution in [-0.4, -0.2) is 38.6 Å². The third-order valence-electron chi connectivity index (χ3n) is 3.04. The van der Waals surface area contributed by atoms with Crippen molar-refractivity contribution in [3.63, 3.8) is 0 Å². The van der Waals surface area contributed by atoms with Crippen molar-refractivity contribution >= 4 is 11.7 Å². The summed E-state index contributed by atoms with van der Waals surface area (Å²) in [5, 5.41) is 8.75. The third kappa shape index (κ3) is 1.32. The first kappa shape index (κ1) is 9.21. The monoisotopic (exact) mass is 217 g/mol. The van der Waals surface area contributed by atoms with Crippen LogP contribution in [0, 0.1) is 0 Å². The Morgan fingerprint density at radius 2 is 2.25 bits per heavy atom. The normalized spacial score (nSPS) is 16.4. The predicted molar refractivity (Wildman–Crippen MR) is 57.5 cm³/mol. The van der Waals surface area contributed by atoms with E-state index in [-0.39, 0.29) is 0 Å². The Bertz CT molecular complexity index is 543. The lowest BCUT2D eigenvalue weighted by Gasteiger charge is -2.37. The van der Waals surface area contributed by atoms with Crippen LogP contribution < -0.4 is 0 Å². The Labute approximate surface area is 91.9 Å². The number of carboxylic acid groups (broad SMARTS) is 1. The van der Waals surface area contributed by atoms with Gasteiger partial charge in [0.15, 0.2) is 0 Å². The van der Waals surface area contributed by atoms with Crippen LogP contribution in [0.15, 0.2) is 30.7 Å². The number of fused-ring (bicyclic) bond motifs is 1. The highest BCUT2D eigenvalue weighted by atomic mass is 16.4. The first-order chi connectivity index (χ1) is 7.74. The van der Waals surface area contributed by atoms with E-state index in [0.29, 0.717) is 19.0 Å². The van der Waals surface area contributed by atoms with Crippen LogP contribution in [0.3, 0.4) is 0 Å². The van der Waals surface area contributed by atoms with E-state index in [9.17, 15) is 4.79 Å². The fourth-order valence-corrected chi connectivity index (χ4v) is 2.02. The molecule has 0 radical (unpaired) electrons. The summed E-state index contributed by atoms with van der Waals surface area (Å²) in [5.41, 5.74) is 2.08. The molecule has 0 aliphatic carbocycles. The fourth-order valence-electron chi connectivity index (χ4n) is 2.02. The second-order valence-electron chi connectivity index (χ2n) is 4.04. The Morgan fingerprint density at radius 1 is 1.44 bits per heavy atom. The molecular formula is C11H11N3O2. The second kappa shape index (κ2) is 3.23. The van der Waals surface area contributed by atoms with Gasteiger partial charge < -0.3 is 14.4 Å². The van der Waals surface area contributed by atoms with Gasteiger partial charge in [0, 0.05) is 37.6 Å². The molecule has 82 valence electrons. The van der Waals surface area contributed by atoms with Gasteiger partial charge in [0.1, 0.15) is 5.65 Å². The minimum atomic E-state index is -0.833. The molecule has 0 spiro atoms. The van der Waals surface area contributed by atoms with Crippen LogP contribution in [0.5, 0.6) is 0 Å². The van der Waals surface area contributed by atoms with Gasteiger partial charge in [-0.15, -0.1) is 0 Å². The molecule has 1 saturated heterocycles. The minimum absolute atomic E-state index is 0.322. The molecule has 16 heavy (non-hydrogen) atoms. The van der Waals surface area contributed by atoms with Crippen molar-refractivity contribution in [1.82, 2.24) is 14.3 Å². The number of aromatic nitrogens is 2. The SMILES string of the molecule is O=C(O)N1CC(c2ccc3nccn3c2)C1. The van der Waals surface area contributed by atoms with E-state index in [4.69, 9.17) is 5.11 Å². The maximum absolute atomic E-state index is 10.6. The largest absolute Gasteiger partial charge is 0.465 e. The summed E-state index contributed by atoms with van der Waals surface area (Å²) >= 11 is 0. The first-order valence-electron chi connectivity index (χ1n) is 5.14. The van der Waals surface area contributed by atoms with Crippen LogP contribution >= 0.6 is 0 Å². The van der Waals surface area contributed by atoms with Gasteiger partial charge >= 0.3 is 6.09 Å². The first-order valence-corrected chi connectivity index (χ1v) is 5.14. The van der Waals surface area contributed by atoms with Gasteiger partial charge in [-0.05, 0) is 11.6 Å². The van der Waals surface area contributed by atoms with E-state index < -0.39 is 6.09 Å². The van der Waals surface area contributed by atoms with Crippen molar-refractivity contribution in [3.05, 3.63) is 36.3 Å². The molecule has 2 aromatic rings. The lowest BCUT2D eigenvalue weighted by atomic mass is 9.93. The standard InChI is InChI=1S/C11H11N3O2/c15-11(16)14-6-9(7-14)8-1-2-10-12-3-4-13(10)5-8/h1-5,9H,6-7H2,(H,15,16). The molecule has 0 aromatic carbocycles. The minimum Gasteiger partial charge on any atom is -0.465 e. The molecule has 1 N–H and O–H groups in total. The van der Waals surface area contributed by atoms with E-state index in [1.165, 1.54) is 10.5 Å².